The molecule has 0 saturated carbocycles. The number of nitrogens with zero attached hydrogens (tertiary/aromatic N) is 2. The van der Waals surface area contributed by atoms with Gasteiger partial charge in [0.2, 0.25) is 5.91 Å². The Bertz CT molecular complexity index is 1010. The first-order chi connectivity index (χ1) is 11.9. The summed E-state index contributed by atoms with van der Waals surface area (Å²) >= 11 is 7.48. The van der Waals surface area contributed by atoms with Crippen molar-refractivity contribution >= 4 is 39.1 Å². The zero-order valence-corrected chi connectivity index (χ0v) is 15.7. The molecule has 1 amide bonds. The van der Waals surface area contributed by atoms with Gasteiger partial charge in [0, 0.05) is 9.90 Å². The van der Waals surface area contributed by atoms with E-state index in [9.17, 15) is 9.59 Å². The predicted molar refractivity (Wildman–Crippen MR) is 101 cm³/mol. The lowest BCUT2D eigenvalue weighted by molar-refractivity contribution is -0.122. The summed E-state index contributed by atoms with van der Waals surface area (Å²) in [5, 5.41) is 4.10. The molecule has 130 valence electrons. The summed E-state index contributed by atoms with van der Waals surface area (Å²) in [5.74, 6) is -0.250. The summed E-state index contributed by atoms with van der Waals surface area (Å²) < 4.78 is 1.35. The van der Waals surface area contributed by atoms with Crippen molar-refractivity contribution in [2.24, 2.45) is 0 Å². The fourth-order valence-electron chi connectivity index (χ4n) is 2.68. The molecule has 3 aromatic rings. The number of hydrogen-bond acceptors (Lipinski definition) is 4. The van der Waals surface area contributed by atoms with Crippen molar-refractivity contribution in [2.75, 3.05) is 0 Å². The molecule has 0 bridgehead atoms. The van der Waals surface area contributed by atoms with Gasteiger partial charge in [-0.25, -0.2) is 4.98 Å². The fraction of sp³-hybridized carbons (Fsp3) is 0.278. The highest BCUT2D eigenvalue weighted by molar-refractivity contribution is 7.18. The Balaban J connectivity index is 1.79. The van der Waals surface area contributed by atoms with E-state index in [4.69, 9.17) is 11.6 Å². The molecule has 0 aliphatic carbocycles. The number of thiophene rings is 1. The molecule has 0 saturated heterocycles. The van der Waals surface area contributed by atoms with E-state index in [1.165, 1.54) is 22.2 Å². The van der Waals surface area contributed by atoms with Crippen LogP contribution in [-0.4, -0.2) is 15.5 Å². The van der Waals surface area contributed by atoms with E-state index in [0.29, 0.717) is 15.2 Å². The molecule has 2 aromatic heterocycles. The molecule has 1 unspecified atom stereocenters. The van der Waals surface area contributed by atoms with E-state index in [0.717, 1.165) is 16.0 Å². The standard InChI is InChI=1S/C18H18ClN3O2S/c1-10-12(3)25-17-16(10)18(24)22(9-20-17)8-15(23)21-11(2)13-5-4-6-14(19)7-13/h4-7,9,11H,8H2,1-3H3,(H,21,23). The summed E-state index contributed by atoms with van der Waals surface area (Å²) in [4.78, 5) is 31.0. The second kappa shape index (κ2) is 6.98. The monoisotopic (exact) mass is 375 g/mol. The van der Waals surface area contributed by atoms with Crippen LogP contribution in [0.1, 0.15) is 29.0 Å². The number of carbonyl (C=O) groups is 1. The number of halogens is 1. The quantitative estimate of drug-likeness (QED) is 0.757. The third kappa shape index (κ3) is 3.60. The molecule has 1 aromatic carbocycles. The zero-order valence-electron chi connectivity index (χ0n) is 14.2. The molecule has 0 radical (unpaired) electrons. The average molecular weight is 376 g/mol. The second-order valence-electron chi connectivity index (χ2n) is 5.99. The van der Waals surface area contributed by atoms with Crippen LogP contribution in [0.4, 0.5) is 0 Å². The molecule has 0 aliphatic rings. The number of carbonyl (C=O) groups excluding carboxylic acids is 1. The molecular weight excluding hydrogens is 358 g/mol. The smallest absolute Gasteiger partial charge is 0.262 e. The van der Waals surface area contributed by atoms with Gasteiger partial charge in [-0.05, 0) is 44.0 Å². The number of rotatable bonds is 4. The normalized spacial score (nSPS) is 12.3. The first kappa shape index (κ1) is 17.6. The lowest BCUT2D eigenvalue weighted by Crippen LogP contribution is -2.34. The van der Waals surface area contributed by atoms with Crippen LogP contribution in [0.25, 0.3) is 10.2 Å². The molecule has 0 spiro atoms. The van der Waals surface area contributed by atoms with Gasteiger partial charge in [-0.2, -0.15) is 0 Å². The van der Waals surface area contributed by atoms with Gasteiger partial charge >= 0.3 is 0 Å². The highest BCUT2D eigenvalue weighted by Crippen LogP contribution is 2.25. The van der Waals surface area contributed by atoms with Gasteiger partial charge in [0.05, 0.1) is 17.8 Å². The molecule has 2 heterocycles. The summed E-state index contributed by atoms with van der Waals surface area (Å²) in [6.45, 7) is 5.68. The number of hydrogen-bond donors (Lipinski definition) is 1. The van der Waals surface area contributed by atoms with Crippen molar-refractivity contribution in [2.45, 2.75) is 33.4 Å². The summed E-state index contributed by atoms with van der Waals surface area (Å²) in [6.07, 6.45) is 1.43. The van der Waals surface area contributed by atoms with Crippen molar-refractivity contribution in [1.29, 1.82) is 0 Å². The molecular formula is C18H18ClN3O2S. The third-order valence-electron chi connectivity index (χ3n) is 4.20. The van der Waals surface area contributed by atoms with Crippen molar-refractivity contribution in [3.05, 3.63) is 62.0 Å². The maximum absolute atomic E-state index is 12.6. The van der Waals surface area contributed by atoms with Crippen molar-refractivity contribution in [1.82, 2.24) is 14.9 Å². The Morgan fingerprint density at radius 3 is 2.88 bits per heavy atom. The van der Waals surface area contributed by atoms with E-state index in [-0.39, 0.29) is 24.1 Å². The number of fused-ring (bicyclic) bond motifs is 1. The van der Waals surface area contributed by atoms with Gasteiger partial charge in [-0.15, -0.1) is 11.3 Å². The van der Waals surface area contributed by atoms with Gasteiger partial charge in [0.1, 0.15) is 11.4 Å². The third-order valence-corrected chi connectivity index (χ3v) is 5.55. The van der Waals surface area contributed by atoms with Crippen LogP contribution in [0.2, 0.25) is 5.02 Å². The number of aromatic nitrogens is 2. The largest absolute Gasteiger partial charge is 0.348 e. The summed E-state index contributed by atoms with van der Waals surface area (Å²) in [7, 11) is 0. The van der Waals surface area contributed by atoms with Crippen molar-refractivity contribution in [3.63, 3.8) is 0 Å². The molecule has 1 N–H and O–H groups in total. The van der Waals surface area contributed by atoms with E-state index in [2.05, 4.69) is 10.3 Å². The van der Waals surface area contributed by atoms with Gasteiger partial charge in [0.15, 0.2) is 0 Å². The zero-order chi connectivity index (χ0) is 18.1. The Hall–Kier alpha value is -2.18. The highest BCUT2D eigenvalue weighted by atomic mass is 35.5. The van der Waals surface area contributed by atoms with Gasteiger partial charge < -0.3 is 5.32 Å². The van der Waals surface area contributed by atoms with E-state index < -0.39 is 0 Å². The number of aryl methyl sites for hydroxylation is 2. The van der Waals surface area contributed by atoms with Gasteiger partial charge in [0.25, 0.3) is 5.56 Å². The minimum absolute atomic E-state index is 0.0684. The Morgan fingerprint density at radius 1 is 1.40 bits per heavy atom. The molecule has 25 heavy (non-hydrogen) atoms. The molecule has 1 atom stereocenters. The first-order valence-corrected chi connectivity index (χ1v) is 9.06. The average Bonchev–Trinajstić information content (AvgIpc) is 2.85. The Labute approximate surface area is 154 Å². The van der Waals surface area contributed by atoms with Crippen LogP contribution < -0.4 is 10.9 Å². The van der Waals surface area contributed by atoms with Crippen LogP contribution >= 0.6 is 22.9 Å². The van der Waals surface area contributed by atoms with Crippen LogP contribution in [0.5, 0.6) is 0 Å². The van der Waals surface area contributed by atoms with Crippen molar-refractivity contribution in [3.8, 4) is 0 Å². The van der Waals surface area contributed by atoms with E-state index in [1.54, 1.807) is 6.07 Å². The number of amides is 1. The Morgan fingerprint density at radius 2 is 2.16 bits per heavy atom. The van der Waals surface area contributed by atoms with Crippen LogP contribution in [0.15, 0.2) is 35.4 Å². The number of benzene rings is 1. The van der Waals surface area contributed by atoms with E-state index >= 15 is 0 Å². The van der Waals surface area contributed by atoms with Crippen LogP contribution in [0.3, 0.4) is 0 Å². The van der Waals surface area contributed by atoms with Gasteiger partial charge in [-0.3, -0.25) is 14.2 Å². The van der Waals surface area contributed by atoms with Crippen LogP contribution in [-0.2, 0) is 11.3 Å². The lowest BCUT2D eigenvalue weighted by atomic mass is 10.1. The SMILES string of the molecule is Cc1sc2ncn(CC(=O)NC(C)c3cccc(Cl)c3)c(=O)c2c1C. The van der Waals surface area contributed by atoms with Crippen LogP contribution in [0, 0.1) is 13.8 Å². The minimum atomic E-state index is -0.250. The predicted octanol–water partition coefficient (Wildman–Crippen LogP) is 3.61. The maximum Gasteiger partial charge on any atom is 0.262 e. The molecule has 0 fully saturated rings. The fourth-order valence-corrected chi connectivity index (χ4v) is 3.87. The second-order valence-corrected chi connectivity index (χ2v) is 7.62. The lowest BCUT2D eigenvalue weighted by Gasteiger charge is -2.15. The molecule has 7 heteroatoms. The summed E-state index contributed by atoms with van der Waals surface area (Å²) in [5.41, 5.74) is 1.66. The molecule has 3 rings (SSSR count). The minimum Gasteiger partial charge on any atom is -0.348 e. The topological polar surface area (TPSA) is 64.0 Å². The van der Waals surface area contributed by atoms with Crippen molar-refractivity contribution < 1.29 is 4.79 Å². The van der Waals surface area contributed by atoms with Gasteiger partial charge in [-0.1, -0.05) is 23.7 Å². The first-order valence-electron chi connectivity index (χ1n) is 7.86. The number of nitrogens with one attached hydrogen (secondary N) is 1. The van der Waals surface area contributed by atoms with E-state index in [1.807, 2.05) is 39.0 Å². The highest BCUT2D eigenvalue weighted by Gasteiger charge is 2.15. The Kier molecular flexibility index (Phi) is 4.92. The molecule has 0 aliphatic heterocycles. The maximum atomic E-state index is 12.6. The molecule has 5 nitrogen and oxygen atoms in total. The summed E-state index contributed by atoms with van der Waals surface area (Å²) in [6, 6.07) is 7.12.